The molecule has 3 heterocycles. The predicted octanol–water partition coefficient (Wildman–Crippen LogP) is 4.33. The molecule has 7 nitrogen and oxygen atoms in total. The number of hydrogen-bond acceptors (Lipinski definition) is 4. The van der Waals surface area contributed by atoms with Gasteiger partial charge in [-0.25, -0.2) is 4.39 Å². The first-order valence-corrected chi connectivity index (χ1v) is 13.9. The summed E-state index contributed by atoms with van der Waals surface area (Å²) in [4.78, 5) is 42.8. The highest BCUT2D eigenvalue weighted by molar-refractivity contribution is 9.10. The van der Waals surface area contributed by atoms with Crippen molar-refractivity contribution in [3.05, 3.63) is 76.5 Å². The molecule has 2 aromatic rings. The van der Waals surface area contributed by atoms with Crippen molar-refractivity contribution >= 4 is 39.3 Å². The fourth-order valence-electron chi connectivity index (χ4n) is 6.53. The summed E-state index contributed by atoms with van der Waals surface area (Å²) in [5.74, 6) is -3.19. The monoisotopic (exact) mass is 581 g/mol. The number of rotatable bonds is 6. The second kappa shape index (κ2) is 9.93. The molecule has 2 saturated heterocycles. The first-order chi connectivity index (χ1) is 18.4. The fourth-order valence-corrected chi connectivity index (χ4v) is 6.80. The third-order valence-electron chi connectivity index (χ3n) is 8.29. The molecule has 1 spiro atoms. The molecule has 0 aromatic heterocycles. The summed E-state index contributed by atoms with van der Waals surface area (Å²) >= 11 is 3.39. The van der Waals surface area contributed by atoms with E-state index in [-0.39, 0.29) is 30.3 Å². The lowest BCUT2D eigenvalue weighted by molar-refractivity contribution is -0.142. The number of fused-ring (bicyclic) bond motifs is 1. The summed E-state index contributed by atoms with van der Waals surface area (Å²) in [6, 6.07) is 12.4. The minimum Gasteiger partial charge on any atom is -0.359 e. The van der Waals surface area contributed by atoms with Crippen molar-refractivity contribution in [2.24, 2.45) is 11.8 Å². The number of ether oxygens (including phenoxy) is 1. The van der Waals surface area contributed by atoms with Crippen LogP contribution in [0.2, 0.25) is 0 Å². The Balaban J connectivity index is 1.33. The normalized spacial score (nSPS) is 29.9. The van der Waals surface area contributed by atoms with Crippen LogP contribution in [0.15, 0.2) is 65.2 Å². The van der Waals surface area contributed by atoms with Crippen LogP contribution in [0.1, 0.15) is 37.7 Å². The number of halogens is 2. The number of benzene rings is 2. The largest absolute Gasteiger partial charge is 0.359 e. The van der Waals surface area contributed by atoms with E-state index in [0.29, 0.717) is 11.3 Å². The maximum Gasteiger partial charge on any atom is 0.246 e. The Kier molecular flexibility index (Phi) is 6.60. The Morgan fingerprint density at radius 3 is 2.53 bits per heavy atom. The van der Waals surface area contributed by atoms with Gasteiger partial charge in [-0.3, -0.25) is 14.4 Å². The van der Waals surface area contributed by atoms with Crippen molar-refractivity contribution in [3.8, 4) is 0 Å². The quantitative estimate of drug-likeness (QED) is 0.497. The van der Waals surface area contributed by atoms with Crippen LogP contribution in [0.4, 0.5) is 10.1 Å². The number of likely N-dealkylation sites (tertiary alicyclic amines) is 1. The number of nitrogens with one attached hydrogen (secondary N) is 2. The Morgan fingerprint density at radius 1 is 1.05 bits per heavy atom. The number of anilines is 1. The Labute approximate surface area is 228 Å². The van der Waals surface area contributed by atoms with E-state index >= 15 is 0 Å². The van der Waals surface area contributed by atoms with Crippen LogP contribution in [0.25, 0.3) is 0 Å². The maximum atomic E-state index is 14.7. The lowest BCUT2D eigenvalue weighted by atomic mass is 9.74. The molecule has 3 unspecified atom stereocenters. The average molecular weight is 582 g/mol. The molecule has 38 heavy (non-hydrogen) atoms. The number of carbonyl (C=O) groups excluding carboxylic acids is 3. The predicted molar refractivity (Wildman–Crippen MR) is 142 cm³/mol. The smallest absolute Gasteiger partial charge is 0.246 e. The van der Waals surface area contributed by atoms with E-state index in [1.807, 2.05) is 12.1 Å². The van der Waals surface area contributed by atoms with Gasteiger partial charge in [0.15, 0.2) is 0 Å². The van der Waals surface area contributed by atoms with Crippen LogP contribution < -0.4 is 10.6 Å². The van der Waals surface area contributed by atoms with Gasteiger partial charge in [0.05, 0.1) is 17.9 Å². The molecule has 9 heteroatoms. The zero-order valence-electron chi connectivity index (χ0n) is 20.7. The van der Waals surface area contributed by atoms with E-state index in [4.69, 9.17) is 4.74 Å². The van der Waals surface area contributed by atoms with Crippen molar-refractivity contribution in [1.29, 1.82) is 0 Å². The Morgan fingerprint density at radius 2 is 1.79 bits per heavy atom. The van der Waals surface area contributed by atoms with Crippen LogP contribution in [0, 0.1) is 17.7 Å². The third-order valence-corrected chi connectivity index (χ3v) is 8.82. The van der Waals surface area contributed by atoms with Gasteiger partial charge < -0.3 is 20.3 Å². The second-order valence-electron chi connectivity index (χ2n) is 10.6. The van der Waals surface area contributed by atoms with Crippen molar-refractivity contribution < 1.29 is 23.5 Å². The molecule has 4 aliphatic rings. The molecular weight excluding hydrogens is 553 g/mol. The number of amides is 3. The first kappa shape index (κ1) is 25.2. The summed E-state index contributed by atoms with van der Waals surface area (Å²) in [6.45, 7) is -0.0879. The van der Waals surface area contributed by atoms with E-state index in [9.17, 15) is 18.8 Å². The van der Waals surface area contributed by atoms with Gasteiger partial charge in [0.1, 0.15) is 17.5 Å². The number of nitrogens with zero attached hydrogens (tertiary/aromatic N) is 1. The molecule has 1 aliphatic carbocycles. The van der Waals surface area contributed by atoms with Gasteiger partial charge in [0.25, 0.3) is 0 Å². The first-order valence-electron chi connectivity index (χ1n) is 13.2. The van der Waals surface area contributed by atoms with Gasteiger partial charge >= 0.3 is 0 Å². The summed E-state index contributed by atoms with van der Waals surface area (Å²) in [6.07, 6.45) is 7.92. The van der Waals surface area contributed by atoms with E-state index < -0.39 is 35.4 Å². The minimum atomic E-state index is -1.28. The van der Waals surface area contributed by atoms with Gasteiger partial charge in [0.2, 0.25) is 17.7 Å². The summed E-state index contributed by atoms with van der Waals surface area (Å²) in [5.41, 5.74) is -0.380. The van der Waals surface area contributed by atoms with Crippen LogP contribution in [0.3, 0.4) is 0 Å². The summed E-state index contributed by atoms with van der Waals surface area (Å²) in [7, 11) is 0. The molecule has 3 aliphatic heterocycles. The fraction of sp³-hybridized carbons (Fsp3) is 0.414. The van der Waals surface area contributed by atoms with E-state index in [1.165, 1.54) is 11.0 Å². The molecule has 3 fully saturated rings. The molecular formula is C29H29BrFN3O4. The van der Waals surface area contributed by atoms with Crippen molar-refractivity contribution in [1.82, 2.24) is 10.2 Å². The van der Waals surface area contributed by atoms with Gasteiger partial charge in [-0.05, 0) is 43.2 Å². The minimum absolute atomic E-state index is 0.0243. The number of hydrogen-bond donors (Lipinski definition) is 2. The molecule has 5 atom stereocenters. The molecule has 3 amide bonds. The lowest BCUT2D eigenvalue weighted by Gasteiger charge is -2.34. The molecule has 0 radical (unpaired) electrons. The molecule has 198 valence electrons. The van der Waals surface area contributed by atoms with Crippen LogP contribution >= 0.6 is 15.9 Å². The van der Waals surface area contributed by atoms with E-state index in [2.05, 4.69) is 26.6 Å². The van der Waals surface area contributed by atoms with Crippen LogP contribution in [0.5, 0.6) is 0 Å². The summed E-state index contributed by atoms with van der Waals surface area (Å²) in [5, 5.41) is 6.05. The third kappa shape index (κ3) is 4.25. The molecule has 2 N–H and O–H groups in total. The Bertz CT molecular complexity index is 1290. The van der Waals surface area contributed by atoms with Crippen molar-refractivity contribution in [3.63, 3.8) is 0 Å². The molecule has 2 bridgehead atoms. The van der Waals surface area contributed by atoms with Crippen LogP contribution in [-0.2, 0) is 25.7 Å². The highest BCUT2D eigenvalue weighted by Gasteiger charge is 2.72. The zero-order valence-corrected chi connectivity index (χ0v) is 22.3. The van der Waals surface area contributed by atoms with E-state index in [0.717, 1.165) is 36.6 Å². The Hall–Kier alpha value is -3.04. The zero-order chi connectivity index (χ0) is 26.4. The second-order valence-corrected chi connectivity index (χ2v) is 11.5. The maximum absolute atomic E-state index is 14.7. The van der Waals surface area contributed by atoms with Gasteiger partial charge in [-0.1, -0.05) is 65.5 Å². The molecule has 1 saturated carbocycles. The molecule has 2 aromatic carbocycles. The van der Waals surface area contributed by atoms with E-state index in [1.54, 1.807) is 42.5 Å². The lowest BCUT2D eigenvalue weighted by Crippen LogP contribution is -2.56. The van der Waals surface area contributed by atoms with Crippen LogP contribution in [-0.4, -0.2) is 46.4 Å². The summed E-state index contributed by atoms with van der Waals surface area (Å²) < 4.78 is 21.9. The topological polar surface area (TPSA) is 87.7 Å². The van der Waals surface area contributed by atoms with Crippen molar-refractivity contribution in [2.75, 3.05) is 5.32 Å². The van der Waals surface area contributed by atoms with Gasteiger partial charge in [-0.2, -0.15) is 0 Å². The van der Waals surface area contributed by atoms with Gasteiger partial charge in [-0.15, -0.1) is 0 Å². The number of carbonyl (C=O) groups is 3. The SMILES string of the molecule is O=C(Nc1ccc(Br)cc1)C1[C@H]2C=CC3(O2)C(C(=O)NC2CCCCC2)N(Cc2ccccc2F)C(=O)[C@@H]13. The molecule has 6 rings (SSSR count). The van der Waals surface area contributed by atoms with Crippen molar-refractivity contribution in [2.45, 2.75) is 62.4 Å². The average Bonchev–Trinajstić information content (AvgIpc) is 3.55. The highest BCUT2D eigenvalue weighted by Crippen LogP contribution is 2.55. The highest BCUT2D eigenvalue weighted by atomic mass is 79.9. The standard InChI is InChI=1S/C29H29BrFN3O4/c30-18-10-12-20(13-11-18)32-26(35)23-22-14-15-29(38-22)24(23)28(37)34(16-17-6-4-5-9-21(17)31)25(29)27(36)33-19-7-2-1-3-8-19/h4-6,9-15,19,22-25H,1-3,7-8,16H2,(H,32,35)(H,33,36)/t22-,23?,24-,25?,29?/m1/s1. The van der Waals surface area contributed by atoms with Gasteiger partial charge in [0, 0.05) is 28.3 Å².